The van der Waals surface area contributed by atoms with Crippen LogP contribution in [0.15, 0.2) is 54.6 Å². The Kier molecular flexibility index (Phi) is 6.28. The number of hydrogen-bond acceptors (Lipinski definition) is 1. The molecule has 2 rings (SSSR count). The maximum atomic E-state index is 6.31. The van der Waals surface area contributed by atoms with Crippen molar-refractivity contribution >= 4 is 11.6 Å². The van der Waals surface area contributed by atoms with Crippen molar-refractivity contribution in [3.05, 3.63) is 70.7 Å². The van der Waals surface area contributed by atoms with Gasteiger partial charge in [-0.05, 0) is 30.5 Å². The maximum absolute atomic E-state index is 6.31. The fourth-order valence-corrected chi connectivity index (χ4v) is 2.96. The van der Waals surface area contributed by atoms with Gasteiger partial charge in [0.05, 0.1) is 0 Å². The summed E-state index contributed by atoms with van der Waals surface area (Å²) in [5.41, 5.74) is 2.52. The first kappa shape index (κ1) is 16.1. The van der Waals surface area contributed by atoms with Gasteiger partial charge in [-0.1, -0.05) is 79.9 Å². The highest BCUT2D eigenvalue weighted by atomic mass is 35.5. The third-order valence-corrected chi connectivity index (χ3v) is 4.22. The Hall–Kier alpha value is -1.31. The Balaban J connectivity index is 2.13. The number of hydrogen-bond donors (Lipinski definition) is 1. The topological polar surface area (TPSA) is 12.0 Å². The van der Waals surface area contributed by atoms with Gasteiger partial charge in [0.2, 0.25) is 0 Å². The van der Waals surface area contributed by atoms with Crippen LogP contribution in [0.4, 0.5) is 0 Å². The molecule has 1 unspecified atom stereocenters. The van der Waals surface area contributed by atoms with Crippen molar-refractivity contribution in [2.24, 2.45) is 0 Å². The monoisotopic (exact) mass is 301 g/mol. The molecular formula is C19H24ClN. The summed E-state index contributed by atoms with van der Waals surface area (Å²) in [5, 5.41) is 4.57. The SMILES string of the molecule is CCCCC(N[C@@H](C)c1ccccc1Cl)c1ccccc1. The fourth-order valence-electron chi connectivity index (χ4n) is 2.66. The summed E-state index contributed by atoms with van der Waals surface area (Å²) in [6.45, 7) is 4.42. The van der Waals surface area contributed by atoms with Gasteiger partial charge in [0.15, 0.2) is 0 Å². The molecule has 2 aromatic rings. The lowest BCUT2D eigenvalue weighted by atomic mass is 9.99. The predicted octanol–water partition coefficient (Wildman–Crippen LogP) is 5.92. The summed E-state index contributed by atoms with van der Waals surface area (Å²) < 4.78 is 0. The van der Waals surface area contributed by atoms with Crippen molar-refractivity contribution in [3.8, 4) is 0 Å². The minimum atomic E-state index is 0.237. The minimum Gasteiger partial charge on any atom is -0.303 e. The van der Waals surface area contributed by atoms with Crippen LogP contribution in [0.5, 0.6) is 0 Å². The Morgan fingerprint density at radius 1 is 1.00 bits per heavy atom. The van der Waals surface area contributed by atoms with Crippen LogP contribution in [0, 0.1) is 0 Å². The average molecular weight is 302 g/mol. The van der Waals surface area contributed by atoms with E-state index in [9.17, 15) is 0 Å². The number of unbranched alkanes of at least 4 members (excludes halogenated alkanes) is 1. The minimum absolute atomic E-state index is 0.237. The number of nitrogens with one attached hydrogen (secondary N) is 1. The van der Waals surface area contributed by atoms with Crippen LogP contribution in [0.25, 0.3) is 0 Å². The van der Waals surface area contributed by atoms with E-state index in [0.29, 0.717) is 6.04 Å². The molecule has 0 amide bonds. The molecule has 1 nitrogen and oxygen atoms in total. The first-order valence-electron chi connectivity index (χ1n) is 7.77. The first-order chi connectivity index (χ1) is 10.2. The van der Waals surface area contributed by atoms with E-state index < -0.39 is 0 Å². The quantitative estimate of drug-likeness (QED) is 0.669. The van der Waals surface area contributed by atoms with Crippen molar-refractivity contribution < 1.29 is 0 Å². The molecule has 0 fully saturated rings. The van der Waals surface area contributed by atoms with E-state index in [-0.39, 0.29) is 6.04 Å². The predicted molar refractivity (Wildman–Crippen MR) is 91.7 cm³/mol. The second-order valence-electron chi connectivity index (χ2n) is 5.52. The van der Waals surface area contributed by atoms with Gasteiger partial charge < -0.3 is 5.32 Å². The van der Waals surface area contributed by atoms with E-state index in [1.165, 1.54) is 18.4 Å². The highest BCUT2D eigenvalue weighted by molar-refractivity contribution is 6.31. The summed E-state index contributed by atoms with van der Waals surface area (Å²) in [5.74, 6) is 0. The molecule has 0 aliphatic heterocycles. The largest absolute Gasteiger partial charge is 0.303 e. The molecule has 0 bridgehead atoms. The van der Waals surface area contributed by atoms with Crippen molar-refractivity contribution in [3.63, 3.8) is 0 Å². The zero-order chi connectivity index (χ0) is 15.1. The molecule has 2 heteroatoms. The normalized spacial score (nSPS) is 13.9. The number of halogens is 1. The lowest BCUT2D eigenvalue weighted by Crippen LogP contribution is -2.25. The van der Waals surface area contributed by atoms with Crippen LogP contribution >= 0.6 is 11.6 Å². The maximum Gasteiger partial charge on any atom is 0.0453 e. The summed E-state index contributed by atoms with van der Waals surface area (Å²) >= 11 is 6.31. The molecule has 0 saturated carbocycles. The molecule has 0 aromatic heterocycles. The van der Waals surface area contributed by atoms with Crippen molar-refractivity contribution in [2.75, 3.05) is 0 Å². The molecule has 0 spiro atoms. The average Bonchev–Trinajstić information content (AvgIpc) is 2.52. The second kappa shape index (κ2) is 8.21. The molecule has 1 N–H and O–H groups in total. The van der Waals surface area contributed by atoms with E-state index in [4.69, 9.17) is 11.6 Å². The molecule has 2 atom stereocenters. The van der Waals surface area contributed by atoms with Crippen molar-refractivity contribution in [2.45, 2.75) is 45.2 Å². The van der Waals surface area contributed by atoms with Crippen LogP contribution in [0.2, 0.25) is 5.02 Å². The van der Waals surface area contributed by atoms with E-state index in [1.54, 1.807) is 0 Å². The Bertz CT molecular complexity index is 538. The van der Waals surface area contributed by atoms with E-state index in [2.05, 4.69) is 55.6 Å². The van der Waals surface area contributed by atoms with Gasteiger partial charge in [-0.2, -0.15) is 0 Å². The van der Waals surface area contributed by atoms with Gasteiger partial charge in [-0.15, -0.1) is 0 Å². The van der Waals surface area contributed by atoms with Gasteiger partial charge in [0, 0.05) is 17.1 Å². The lowest BCUT2D eigenvalue weighted by Gasteiger charge is -2.24. The molecule has 0 heterocycles. The van der Waals surface area contributed by atoms with Gasteiger partial charge in [0.1, 0.15) is 0 Å². The van der Waals surface area contributed by atoms with E-state index in [0.717, 1.165) is 17.0 Å². The number of rotatable bonds is 7. The van der Waals surface area contributed by atoms with Crippen molar-refractivity contribution in [1.29, 1.82) is 0 Å². The second-order valence-corrected chi connectivity index (χ2v) is 5.92. The molecule has 112 valence electrons. The summed E-state index contributed by atoms with van der Waals surface area (Å²) in [7, 11) is 0. The zero-order valence-electron chi connectivity index (χ0n) is 12.9. The van der Waals surface area contributed by atoms with E-state index in [1.807, 2.05) is 18.2 Å². The smallest absolute Gasteiger partial charge is 0.0453 e. The summed E-state index contributed by atoms with van der Waals surface area (Å²) in [6.07, 6.45) is 3.59. The van der Waals surface area contributed by atoms with Crippen LogP contribution in [0.1, 0.15) is 56.3 Å². The van der Waals surface area contributed by atoms with Crippen LogP contribution in [-0.4, -0.2) is 0 Å². The van der Waals surface area contributed by atoms with Gasteiger partial charge in [-0.3, -0.25) is 0 Å². The van der Waals surface area contributed by atoms with E-state index >= 15 is 0 Å². The van der Waals surface area contributed by atoms with Crippen LogP contribution < -0.4 is 5.32 Å². The Morgan fingerprint density at radius 2 is 1.67 bits per heavy atom. The molecular weight excluding hydrogens is 278 g/mol. The highest BCUT2D eigenvalue weighted by Crippen LogP contribution is 2.27. The first-order valence-corrected chi connectivity index (χ1v) is 8.15. The van der Waals surface area contributed by atoms with Gasteiger partial charge >= 0.3 is 0 Å². The third kappa shape index (κ3) is 4.59. The fraction of sp³-hybridized carbons (Fsp3) is 0.368. The van der Waals surface area contributed by atoms with Crippen LogP contribution in [0.3, 0.4) is 0 Å². The Labute approximate surface area is 133 Å². The molecule has 0 aliphatic rings. The van der Waals surface area contributed by atoms with Gasteiger partial charge in [-0.25, -0.2) is 0 Å². The summed E-state index contributed by atoms with van der Waals surface area (Å²) in [4.78, 5) is 0. The Morgan fingerprint density at radius 3 is 2.33 bits per heavy atom. The van der Waals surface area contributed by atoms with Crippen LogP contribution in [-0.2, 0) is 0 Å². The third-order valence-electron chi connectivity index (χ3n) is 3.87. The van der Waals surface area contributed by atoms with Crippen molar-refractivity contribution in [1.82, 2.24) is 5.32 Å². The molecule has 0 saturated heterocycles. The lowest BCUT2D eigenvalue weighted by molar-refractivity contribution is 0.431. The zero-order valence-corrected chi connectivity index (χ0v) is 13.6. The number of benzene rings is 2. The molecule has 2 aromatic carbocycles. The highest BCUT2D eigenvalue weighted by Gasteiger charge is 2.16. The standard InChI is InChI=1S/C19H24ClN/c1-3-4-14-19(16-10-6-5-7-11-16)21-15(2)17-12-8-9-13-18(17)20/h5-13,15,19,21H,3-4,14H2,1-2H3/t15-,19?/m0/s1. The molecule has 21 heavy (non-hydrogen) atoms. The molecule has 0 radical (unpaired) electrons. The summed E-state index contributed by atoms with van der Waals surface area (Å²) in [6, 6.07) is 19.4. The molecule has 0 aliphatic carbocycles. The van der Waals surface area contributed by atoms with Gasteiger partial charge in [0.25, 0.3) is 0 Å².